The van der Waals surface area contributed by atoms with Gasteiger partial charge >= 0.3 is 5.97 Å². The zero-order valence-corrected chi connectivity index (χ0v) is 17.4. The van der Waals surface area contributed by atoms with Gasteiger partial charge in [-0.05, 0) is 23.8 Å². The van der Waals surface area contributed by atoms with Gasteiger partial charge in [-0.1, -0.05) is 24.0 Å². The standard InChI is InChI=1S/C18H20N2O7S2/c1-26-11-7-10(8-12(27-2)16(11)24)9-13-17(25)20(18(28)29-13)6-4-14(21)19-5-3-15(22)23/h7-9,24H,3-6H2,1-2H3,(H,19,21)(H,22,23)/b13-9-. The summed E-state index contributed by atoms with van der Waals surface area (Å²) in [7, 11) is 2.80. The Morgan fingerprint density at radius 1 is 1.24 bits per heavy atom. The van der Waals surface area contributed by atoms with Crippen molar-refractivity contribution in [2.24, 2.45) is 0 Å². The number of rotatable bonds is 9. The molecule has 2 amide bonds. The van der Waals surface area contributed by atoms with Crippen molar-refractivity contribution >= 4 is 52.2 Å². The summed E-state index contributed by atoms with van der Waals surface area (Å²) in [6, 6.07) is 3.11. The predicted molar refractivity (Wildman–Crippen MR) is 111 cm³/mol. The molecule has 11 heteroatoms. The normalized spacial score (nSPS) is 15.0. The number of phenols is 1. The molecule has 1 aromatic carbocycles. The summed E-state index contributed by atoms with van der Waals surface area (Å²) in [5.74, 6) is -1.46. The molecule has 0 unspecified atom stereocenters. The topological polar surface area (TPSA) is 125 Å². The van der Waals surface area contributed by atoms with Crippen molar-refractivity contribution < 1.29 is 34.1 Å². The Morgan fingerprint density at radius 2 is 1.86 bits per heavy atom. The van der Waals surface area contributed by atoms with Gasteiger partial charge in [0, 0.05) is 19.5 Å². The van der Waals surface area contributed by atoms with Crippen LogP contribution in [0.1, 0.15) is 18.4 Å². The molecule has 0 aromatic heterocycles. The monoisotopic (exact) mass is 440 g/mol. The number of hydrogen-bond donors (Lipinski definition) is 3. The Labute approximate surface area is 176 Å². The highest BCUT2D eigenvalue weighted by Gasteiger charge is 2.32. The SMILES string of the molecule is COc1cc(/C=C2\SC(=S)N(CCC(=O)NCCC(=O)O)C2=O)cc(OC)c1O. The van der Waals surface area contributed by atoms with Crippen LogP contribution in [-0.2, 0) is 14.4 Å². The minimum atomic E-state index is -1.00. The molecule has 0 bridgehead atoms. The van der Waals surface area contributed by atoms with Gasteiger partial charge in [0.05, 0.1) is 25.5 Å². The van der Waals surface area contributed by atoms with Crippen molar-refractivity contribution in [1.82, 2.24) is 10.2 Å². The molecule has 0 saturated carbocycles. The summed E-state index contributed by atoms with van der Waals surface area (Å²) in [5, 5.41) is 21.0. The molecule has 2 rings (SSSR count). The first-order valence-corrected chi connectivity index (χ1v) is 9.68. The number of carbonyl (C=O) groups excluding carboxylic acids is 2. The lowest BCUT2D eigenvalue weighted by molar-refractivity contribution is -0.137. The number of carboxylic acid groups (broad SMARTS) is 1. The smallest absolute Gasteiger partial charge is 0.305 e. The van der Waals surface area contributed by atoms with E-state index in [-0.39, 0.29) is 55.0 Å². The van der Waals surface area contributed by atoms with Gasteiger partial charge in [0.25, 0.3) is 5.91 Å². The fourth-order valence-corrected chi connectivity index (χ4v) is 3.76. The highest BCUT2D eigenvalue weighted by molar-refractivity contribution is 8.26. The van der Waals surface area contributed by atoms with Crippen LogP contribution in [0.5, 0.6) is 17.2 Å². The third kappa shape index (κ3) is 5.84. The number of phenolic OH excluding ortho intramolecular Hbond substituents is 1. The molecular formula is C18H20N2O7S2. The summed E-state index contributed by atoms with van der Waals surface area (Å²) in [6.07, 6.45) is 1.42. The van der Waals surface area contributed by atoms with Crippen molar-refractivity contribution in [2.45, 2.75) is 12.8 Å². The predicted octanol–water partition coefficient (Wildman–Crippen LogP) is 1.59. The number of nitrogens with one attached hydrogen (secondary N) is 1. The number of methoxy groups -OCH3 is 2. The number of thiocarbonyl (C=S) groups is 1. The quantitative estimate of drug-likeness (QED) is 0.388. The first kappa shape index (κ1) is 22.5. The minimum Gasteiger partial charge on any atom is -0.502 e. The van der Waals surface area contributed by atoms with Crippen LogP contribution in [0.3, 0.4) is 0 Å². The first-order valence-electron chi connectivity index (χ1n) is 8.45. The Hall–Kier alpha value is -2.79. The summed E-state index contributed by atoms with van der Waals surface area (Å²) >= 11 is 6.33. The van der Waals surface area contributed by atoms with Crippen LogP contribution in [0.15, 0.2) is 17.0 Å². The zero-order chi connectivity index (χ0) is 21.6. The van der Waals surface area contributed by atoms with E-state index < -0.39 is 5.97 Å². The molecule has 1 saturated heterocycles. The lowest BCUT2D eigenvalue weighted by Gasteiger charge is -2.14. The number of hydrogen-bond acceptors (Lipinski definition) is 8. The summed E-state index contributed by atoms with van der Waals surface area (Å²) in [6.45, 7) is 0.111. The van der Waals surface area contributed by atoms with Gasteiger partial charge in [0.2, 0.25) is 11.7 Å². The van der Waals surface area contributed by atoms with Crippen molar-refractivity contribution in [3.05, 3.63) is 22.6 Å². The van der Waals surface area contributed by atoms with Crippen LogP contribution < -0.4 is 14.8 Å². The van der Waals surface area contributed by atoms with Crippen LogP contribution in [0, 0.1) is 0 Å². The van der Waals surface area contributed by atoms with Crippen molar-refractivity contribution in [2.75, 3.05) is 27.3 Å². The van der Waals surface area contributed by atoms with Gasteiger partial charge in [0.15, 0.2) is 11.5 Å². The molecule has 1 fully saturated rings. The number of thioether (sulfide) groups is 1. The lowest BCUT2D eigenvalue weighted by Crippen LogP contribution is -2.34. The highest BCUT2D eigenvalue weighted by Crippen LogP contribution is 2.39. The fourth-order valence-electron chi connectivity index (χ4n) is 2.45. The number of carbonyl (C=O) groups is 3. The second-order valence-electron chi connectivity index (χ2n) is 5.85. The maximum atomic E-state index is 12.6. The molecule has 9 nitrogen and oxygen atoms in total. The Bertz CT molecular complexity index is 845. The van der Waals surface area contributed by atoms with Gasteiger partial charge in [-0.15, -0.1) is 0 Å². The van der Waals surface area contributed by atoms with Gasteiger partial charge in [-0.25, -0.2) is 0 Å². The maximum absolute atomic E-state index is 12.6. The first-order chi connectivity index (χ1) is 13.8. The van der Waals surface area contributed by atoms with E-state index in [1.165, 1.54) is 19.1 Å². The molecule has 1 heterocycles. The number of nitrogens with zero attached hydrogens (tertiary/aromatic N) is 1. The Balaban J connectivity index is 2.06. The molecule has 156 valence electrons. The van der Waals surface area contributed by atoms with Crippen molar-refractivity contribution in [3.8, 4) is 17.2 Å². The number of aliphatic carboxylic acids is 1. The average molecular weight is 440 g/mol. The summed E-state index contributed by atoms with van der Waals surface area (Å²) < 4.78 is 10.5. The van der Waals surface area contributed by atoms with Crippen LogP contribution in [0.4, 0.5) is 0 Å². The van der Waals surface area contributed by atoms with E-state index in [9.17, 15) is 19.5 Å². The number of aromatic hydroxyl groups is 1. The van der Waals surface area contributed by atoms with E-state index in [1.807, 2.05) is 0 Å². The van der Waals surface area contributed by atoms with Crippen LogP contribution >= 0.6 is 24.0 Å². The van der Waals surface area contributed by atoms with E-state index >= 15 is 0 Å². The molecule has 0 radical (unpaired) electrons. The number of carboxylic acids is 1. The number of amides is 2. The van der Waals surface area contributed by atoms with Crippen LogP contribution in [-0.4, -0.2) is 64.5 Å². The highest BCUT2D eigenvalue weighted by atomic mass is 32.2. The Morgan fingerprint density at radius 3 is 2.41 bits per heavy atom. The van der Waals surface area contributed by atoms with Crippen LogP contribution in [0.2, 0.25) is 0 Å². The lowest BCUT2D eigenvalue weighted by atomic mass is 10.1. The third-order valence-electron chi connectivity index (χ3n) is 3.90. The largest absolute Gasteiger partial charge is 0.502 e. The molecule has 1 aliphatic heterocycles. The summed E-state index contributed by atoms with van der Waals surface area (Å²) in [4.78, 5) is 36.6. The van der Waals surface area contributed by atoms with Crippen LogP contribution in [0.25, 0.3) is 6.08 Å². The van der Waals surface area contributed by atoms with Gasteiger partial charge in [-0.2, -0.15) is 0 Å². The van der Waals surface area contributed by atoms with E-state index in [1.54, 1.807) is 18.2 Å². The minimum absolute atomic E-state index is 0.000193. The summed E-state index contributed by atoms with van der Waals surface area (Å²) in [5.41, 5.74) is 0.573. The molecule has 0 spiro atoms. The van der Waals surface area contributed by atoms with Gasteiger partial charge < -0.3 is 25.0 Å². The van der Waals surface area contributed by atoms with E-state index in [0.29, 0.717) is 14.8 Å². The van der Waals surface area contributed by atoms with E-state index in [0.717, 1.165) is 11.8 Å². The third-order valence-corrected chi connectivity index (χ3v) is 5.27. The van der Waals surface area contributed by atoms with Crippen molar-refractivity contribution in [3.63, 3.8) is 0 Å². The fraction of sp³-hybridized carbons (Fsp3) is 0.333. The number of benzene rings is 1. The van der Waals surface area contributed by atoms with E-state index in [2.05, 4.69) is 5.32 Å². The molecule has 29 heavy (non-hydrogen) atoms. The van der Waals surface area contributed by atoms with Gasteiger partial charge in [-0.3, -0.25) is 19.3 Å². The molecule has 0 aliphatic carbocycles. The molecule has 3 N–H and O–H groups in total. The maximum Gasteiger partial charge on any atom is 0.305 e. The average Bonchev–Trinajstić information content (AvgIpc) is 2.93. The zero-order valence-electron chi connectivity index (χ0n) is 15.8. The second-order valence-corrected chi connectivity index (χ2v) is 7.53. The van der Waals surface area contributed by atoms with Gasteiger partial charge in [0.1, 0.15) is 4.32 Å². The molecule has 1 aromatic rings. The van der Waals surface area contributed by atoms with Crippen molar-refractivity contribution in [1.29, 1.82) is 0 Å². The molecular weight excluding hydrogens is 420 g/mol. The number of ether oxygens (including phenoxy) is 2. The Kier molecular flexibility index (Phi) is 7.85. The van der Waals surface area contributed by atoms with E-state index in [4.69, 9.17) is 26.8 Å². The molecule has 1 aliphatic rings. The molecule has 0 atom stereocenters. The second kappa shape index (κ2) is 10.1.